The lowest BCUT2D eigenvalue weighted by atomic mass is 9.88. The maximum Gasteiger partial charge on any atom is 0.257 e. The Labute approximate surface area is 205 Å². The van der Waals surface area contributed by atoms with Gasteiger partial charge in [0.2, 0.25) is 5.91 Å². The molecular weight excluding hydrogens is 441 g/mol. The van der Waals surface area contributed by atoms with Crippen molar-refractivity contribution in [1.82, 2.24) is 14.5 Å². The van der Waals surface area contributed by atoms with E-state index in [1.807, 2.05) is 17.0 Å². The largest absolute Gasteiger partial charge is 0.342 e. The van der Waals surface area contributed by atoms with E-state index < -0.39 is 0 Å². The van der Waals surface area contributed by atoms with Gasteiger partial charge in [-0.15, -0.1) is 0 Å². The van der Waals surface area contributed by atoms with E-state index in [0.29, 0.717) is 31.7 Å². The van der Waals surface area contributed by atoms with Crippen LogP contribution in [0, 0.1) is 18.7 Å². The Bertz CT molecular complexity index is 1280. The van der Waals surface area contributed by atoms with Crippen LogP contribution in [0.1, 0.15) is 47.9 Å². The number of nitrogens with zero attached hydrogens (tertiary/aromatic N) is 3. The Balaban J connectivity index is 1.18. The number of hydrogen-bond acceptors (Lipinski definition) is 3. The number of amides is 1. The third kappa shape index (κ3) is 5.21. The van der Waals surface area contributed by atoms with Gasteiger partial charge >= 0.3 is 0 Å². The highest BCUT2D eigenvalue weighted by Crippen LogP contribution is 2.30. The quantitative estimate of drug-likeness (QED) is 0.521. The van der Waals surface area contributed by atoms with Crippen molar-refractivity contribution in [2.24, 2.45) is 5.92 Å². The van der Waals surface area contributed by atoms with Gasteiger partial charge in [0.15, 0.2) is 0 Å². The maximum atomic E-state index is 13.2. The summed E-state index contributed by atoms with van der Waals surface area (Å²) in [6, 6.07) is 13.0. The van der Waals surface area contributed by atoms with E-state index in [4.69, 9.17) is 0 Å². The van der Waals surface area contributed by atoms with E-state index in [9.17, 15) is 14.0 Å². The first kappa shape index (κ1) is 23.5. The summed E-state index contributed by atoms with van der Waals surface area (Å²) in [5.41, 5.74) is 6.22. The molecule has 1 aliphatic carbocycles. The number of carbonyl (C=O) groups is 1. The summed E-state index contributed by atoms with van der Waals surface area (Å²) in [7, 11) is 0. The Hall–Kier alpha value is -3.28. The van der Waals surface area contributed by atoms with Crippen LogP contribution in [0.15, 0.2) is 53.6 Å². The van der Waals surface area contributed by atoms with Crippen LogP contribution in [0.25, 0.3) is 11.3 Å². The molecule has 6 heteroatoms. The first-order chi connectivity index (χ1) is 17.0. The highest BCUT2D eigenvalue weighted by atomic mass is 19.1. The fourth-order valence-electron chi connectivity index (χ4n) is 5.51. The number of aryl methyl sites for hydroxylation is 3. The number of aromatic nitrogens is 2. The molecule has 2 heterocycles. The number of benzene rings is 2. The van der Waals surface area contributed by atoms with Crippen LogP contribution in [0.2, 0.25) is 0 Å². The van der Waals surface area contributed by atoms with E-state index in [2.05, 4.69) is 30.1 Å². The predicted octanol–water partition coefficient (Wildman–Crippen LogP) is 4.72. The van der Waals surface area contributed by atoms with E-state index in [1.54, 1.807) is 10.9 Å². The zero-order valence-corrected chi connectivity index (χ0v) is 20.3. The normalized spacial score (nSPS) is 17.1. The van der Waals surface area contributed by atoms with E-state index in [0.717, 1.165) is 61.2 Å². The molecule has 1 fully saturated rings. The van der Waals surface area contributed by atoms with Gasteiger partial charge in [0.05, 0.1) is 12.0 Å². The molecule has 1 aromatic heterocycles. The maximum absolute atomic E-state index is 13.2. The molecule has 1 amide bonds. The number of carbonyl (C=O) groups excluding carboxylic acids is 1. The van der Waals surface area contributed by atoms with Crippen molar-refractivity contribution in [3.05, 3.63) is 87.2 Å². The SMILES string of the molecule is Cc1ccc2c(c1)-c1ncn(CCCC(=O)N3CCCC(Cc4ccc(F)cc4)C3)c(=O)c1CC2. The minimum atomic E-state index is -0.220. The molecule has 1 aliphatic heterocycles. The van der Waals surface area contributed by atoms with Crippen LogP contribution in [0.4, 0.5) is 4.39 Å². The molecule has 182 valence electrons. The molecule has 0 spiro atoms. The summed E-state index contributed by atoms with van der Waals surface area (Å²) in [4.78, 5) is 32.6. The van der Waals surface area contributed by atoms with Crippen molar-refractivity contribution >= 4 is 5.91 Å². The van der Waals surface area contributed by atoms with Crippen molar-refractivity contribution in [1.29, 1.82) is 0 Å². The van der Waals surface area contributed by atoms with Gasteiger partial charge < -0.3 is 4.90 Å². The van der Waals surface area contributed by atoms with Crippen LogP contribution >= 0.6 is 0 Å². The van der Waals surface area contributed by atoms with Gasteiger partial charge in [-0.05, 0) is 80.7 Å². The highest BCUT2D eigenvalue weighted by molar-refractivity contribution is 5.76. The van der Waals surface area contributed by atoms with E-state index in [1.165, 1.54) is 23.3 Å². The van der Waals surface area contributed by atoms with Crippen LogP contribution in [0.3, 0.4) is 0 Å². The second-order valence-electron chi connectivity index (χ2n) is 10.0. The minimum Gasteiger partial charge on any atom is -0.342 e. The standard InChI is InChI=1S/C29H32FN3O2/c1-20-6-9-23-10-13-25-28(26(23)16-20)31-19-33(29(25)35)15-3-5-27(34)32-14-2-4-22(18-32)17-21-7-11-24(30)12-8-21/h6-9,11-12,16,19,22H,2-5,10,13-15,17-18H2,1H3. The number of halogens is 1. The Morgan fingerprint density at radius 3 is 2.80 bits per heavy atom. The lowest BCUT2D eigenvalue weighted by Gasteiger charge is -2.33. The average Bonchev–Trinajstić information content (AvgIpc) is 2.86. The van der Waals surface area contributed by atoms with Crippen molar-refractivity contribution < 1.29 is 9.18 Å². The molecule has 1 unspecified atom stereocenters. The highest BCUT2D eigenvalue weighted by Gasteiger charge is 2.24. The molecular formula is C29H32FN3O2. The van der Waals surface area contributed by atoms with E-state index in [-0.39, 0.29) is 17.3 Å². The van der Waals surface area contributed by atoms with Crippen LogP contribution in [-0.2, 0) is 30.6 Å². The van der Waals surface area contributed by atoms with Crippen molar-refractivity contribution in [3.8, 4) is 11.3 Å². The smallest absolute Gasteiger partial charge is 0.257 e. The summed E-state index contributed by atoms with van der Waals surface area (Å²) >= 11 is 0. The Morgan fingerprint density at radius 1 is 1.14 bits per heavy atom. The van der Waals surface area contributed by atoms with Gasteiger partial charge in [-0.1, -0.05) is 29.8 Å². The minimum absolute atomic E-state index is 0.0203. The predicted molar refractivity (Wildman–Crippen MR) is 135 cm³/mol. The van der Waals surface area contributed by atoms with Gasteiger partial charge in [-0.2, -0.15) is 0 Å². The molecule has 1 saturated heterocycles. The monoisotopic (exact) mass is 473 g/mol. The van der Waals surface area contributed by atoms with Gasteiger partial charge in [0, 0.05) is 37.2 Å². The zero-order chi connectivity index (χ0) is 24.4. The number of hydrogen-bond donors (Lipinski definition) is 0. The molecule has 3 aromatic rings. The molecule has 0 N–H and O–H groups in total. The Kier molecular flexibility index (Phi) is 6.80. The molecule has 2 aliphatic rings. The summed E-state index contributed by atoms with van der Waals surface area (Å²) < 4.78 is 14.8. The fraction of sp³-hybridized carbons (Fsp3) is 0.414. The van der Waals surface area contributed by atoms with Gasteiger partial charge in [0.1, 0.15) is 5.82 Å². The fourth-order valence-corrected chi connectivity index (χ4v) is 5.51. The first-order valence-corrected chi connectivity index (χ1v) is 12.7. The number of piperidine rings is 1. The summed E-state index contributed by atoms with van der Waals surface area (Å²) in [6.45, 7) is 4.09. The van der Waals surface area contributed by atoms with Crippen molar-refractivity contribution in [2.45, 2.75) is 58.4 Å². The Morgan fingerprint density at radius 2 is 1.97 bits per heavy atom. The zero-order valence-electron chi connectivity index (χ0n) is 20.3. The molecule has 1 atom stereocenters. The number of likely N-dealkylation sites (tertiary alicyclic amines) is 1. The molecule has 0 saturated carbocycles. The molecule has 35 heavy (non-hydrogen) atoms. The molecule has 0 radical (unpaired) electrons. The van der Waals surface area contributed by atoms with Gasteiger partial charge in [0.25, 0.3) is 5.56 Å². The van der Waals surface area contributed by atoms with E-state index >= 15 is 0 Å². The summed E-state index contributed by atoms with van der Waals surface area (Å²) in [5, 5.41) is 0. The molecule has 0 bridgehead atoms. The number of rotatable bonds is 6. The molecule has 5 rings (SSSR count). The van der Waals surface area contributed by atoms with Crippen molar-refractivity contribution in [2.75, 3.05) is 13.1 Å². The second kappa shape index (κ2) is 10.1. The topological polar surface area (TPSA) is 55.2 Å². The molecule has 2 aromatic carbocycles. The van der Waals surface area contributed by atoms with Crippen LogP contribution in [0.5, 0.6) is 0 Å². The molecule has 5 nitrogen and oxygen atoms in total. The van der Waals surface area contributed by atoms with Crippen molar-refractivity contribution in [3.63, 3.8) is 0 Å². The number of fused-ring (bicyclic) bond motifs is 3. The average molecular weight is 474 g/mol. The second-order valence-corrected chi connectivity index (χ2v) is 10.0. The van der Waals surface area contributed by atoms with Gasteiger partial charge in [-0.25, -0.2) is 9.37 Å². The summed E-state index contributed by atoms with van der Waals surface area (Å²) in [6.07, 6.45) is 7.19. The summed E-state index contributed by atoms with van der Waals surface area (Å²) in [5.74, 6) is 0.330. The lowest BCUT2D eigenvalue weighted by Crippen LogP contribution is -2.40. The first-order valence-electron chi connectivity index (χ1n) is 12.7. The van der Waals surface area contributed by atoms with Crippen LogP contribution in [-0.4, -0.2) is 33.4 Å². The van der Waals surface area contributed by atoms with Gasteiger partial charge in [-0.3, -0.25) is 14.2 Å². The lowest BCUT2D eigenvalue weighted by molar-refractivity contribution is -0.133. The third-order valence-electron chi connectivity index (χ3n) is 7.39. The van der Waals surface area contributed by atoms with Crippen LogP contribution < -0.4 is 5.56 Å². The third-order valence-corrected chi connectivity index (χ3v) is 7.39.